The molecule has 1 aliphatic carbocycles. The number of ether oxygens (including phenoxy) is 10. The van der Waals surface area contributed by atoms with Gasteiger partial charge in [-0.3, -0.25) is 19.2 Å². The topological polar surface area (TPSA) is 270 Å². The normalized spacial score (nSPS) is 34.6. The lowest BCUT2D eigenvalue weighted by molar-refractivity contribution is -0.265. The molecule has 16 atom stereocenters. The third-order valence-corrected chi connectivity index (χ3v) is 17.1. The Morgan fingerprint density at radius 1 is 0.821 bits per heavy atom. The Bertz CT molecular complexity index is 2220. The Balaban J connectivity index is 1.58. The predicted octanol–water partition coefficient (Wildman–Crippen LogP) is 8.71. The van der Waals surface area contributed by atoms with Gasteiger partial charge in [-0.05, 0) is 138 Å². The number of aliphatic hydroxyl groups excluding tert-OH is 1. The first-order chi connectivity index (χ1) is 40.2. The van der Waals surface area contributed by atoms with Gasteiger partial charge in [0.15, 0.2) is 5.78 Å². The van der Waals surface area contributed by atoms with E-state index >= 15 is 0 Å². The number of Topliss-reactive ketones (excluding diaryl/α,β-unsaturated/α-hetero) is 2. The summed E-state index contributed by atoms with van der Waals surface area (Å²) in [4.78, 5) is 75.1. The first-order valence-electron chi connectivity index (χ1n) is 30.7. The van der Waals surface area contributed by atoms with Crippen molar-refractivity contribution in [3.63, 3.8) is 0 Å². The van der Waals surface area contributed by atoms with E-state index in [0.29, 0.717) is 129 Å². The van der Waals surface area contributed by atoms with Gasteiger partial charge in [0.1, 0.15) is 30.5 Å². The number of azide groups is 1. The third-order valence-electron chi connectivity index (χ3n) is 17.1. The monoisotopic (exact) mass is 1190 g/mol. The molecule has 0 aromatic rings. The summed E-state index contributed by atoms with van der Waals surface area (Å²) in [7, 11) is 4.54. The van der Waals surface area contributed by atoms with Crippen LogP contribution in [0.15, 0.2) is 52.7 Å². The van der Waals surface area contributed by atoms with Crippen LogP contribution in [0.2, 0.25) is 0 Å². The zero-order valence-electron chi connectivity index (χ0n) is 52.2. The SMILES string of the molecule is CCOCCOCCOCCOCCCC(=O)O[C@@H]1CC[C@@H](C[C@@H](C)[C@@H]2C[C@H](N=[N+]=[N-])[C@H](C)/C=C(\C)[C@@H](O)[C@@H](OC)C(=O)[C@H](C)C[C@H](C)/C=C/C=C/C=C(\C)[C@@H](OC)C[C@@H]3CC[C@@H](C)[C@@](O)(O3)C(=O)C(=O)N3CCCC[C@H]3C(=O)O2)C[C@H]1OC. The first-order valence-corrected chi connectivity index (χ1v) is 30.7. The Morgan fingerprint density at radius 2 is 1.51 bits per heavy atom. The van der Waals surface area contributed by atoms with Crippen molar-refractivity contribution in [1.29, 1.82) is 0 Å². The summed E-state index contributed by atoms with van der Waals surface area (Å²) in [6, 6.07) is -2.01. The van der Waals surface area contributed by atoms with Crippen LogP contribution in [0.5, 0.6) is 0 Å². The van der Waals surface area contributed by atoms with Crippen molar-refractivity contribution >= 4 is 29.4 Å². The van der Waals surface area contributed by atoms with E-state index in [1.54, 1.807) is 34.1 Å². The Labute approximate surface area is 499 Å². The van der Waals surface area contributed by atoms with Crippen LogP contribution in [-0.2, 0) is 71.3 Å². The number of allylic oxidation sites excluding steroid dienone is 5. The molecule has 21 nitrogen and oxygen atoms in total. The van der Waals surface area contributed by atoms with E-state index in [9.17, 15) is 39.7 Å². The van der Waals surface area contributed by atoms with E-state index in [4.69, 9.17) is 47.4 Å². The van der Waals surface area contributed by atoms with Gasteiger partial charge in [0.25, 0.3) is 11.7 Å². The summed E-state index contributed by atoms with van der Waals surface area (Å²) < 4.78 is 58.0. The fourth-order valence-electron chi connectivity index (χ4n) is 11.9. The summed E-state index contributed by atoms with van der Waals surface area (Å²) in [6.07, 6.45) is 11.8. The van der Waals surface area contributed by atoms with Gasteiger partial charge >= 0.3 is 11.9 Å². The third kappa shape index (κ3) is 22.7. The maximum Gasteiger partial charge on any atom is 0.329 e. The van der Waals surface area contributed by atoms with Gasteiger partial charge < -0.3 is 62.5 Å². The highest BCUT2D eigenvalue weighted by Gasteiger charge is 2.53. The number of carbonyl (C=O) groups excluding carboxylic acids is 5. The largest absolute Gasteiger partial charge is 0.461 e. The van der Waals surface area contributed by atoms with E-state index < -0.39 is 96.0 Å². The molecule has 4 aliphatic rings. The molecule has 0 spiro atoms. The maximum atomic E-state index is 14.8. The van der Waals surface area contributed by atoms with E-state index in [1.165, 1.54) is 12.0 Å². The van der Waals surface area contributed by atoms with Crippen LogP contribution in [-0.4, -0.2) is 186 Å². The minimum absolute atomic E-state index is 0.00436. The zero-order valence-corrected chi connectivity index (χ0v) is 52.2. The number of hydrogen-bond donors (Lipinski definition) is 2. The van der Waals surface area contributed by atoms with Crippen LogP contribution >= 0.6 is 0 Å². The summed E-state index contributed by atoms with van der Waals surface area (Å²) in [5, 5.41) is 28.0. The highest BCUT2D eigenvalue weighted by Crippen LogP contribution is 2.39. The van der Waals surface area contributed by atoms with Crippen LogP contribution in [0.25, 0.3) is 10.4 Å². The van der Waals surface area contributed by atoms with E-state index in [2.05, 4.69) is 10.0 Å². The Kier molecular flexibility index (Phi) is 32.6. The van der Waals surface area contributed by atoms with Crippen LogP contribution < -0.4 is 0 Å². The van der Waals surface area contributed by atoms with Gasteiger partial charge in [-0.25, -0.2) is 4.79 Å². The minimum Gasteiger partial charge on any atom is -0.461 e. The van der Waals surface area contributed by atoms with Crippen molar-refractivity contribution in [2.24, 2.45) is 40.6 Å². The molecular formula is C63H102N4O17. The van der Waals surface area contributed by atoms with Crippen molar-refractivity contribution < 1.29 is 81.6 Å². The summed E-state index contributed by atoms with van der Waals surface area (Å²) in [6.45, 7) is 18.6. The van der Waals surface area contributed by atoms with E-state index in [0.717, 1.165) is 5.57 Å². The Hall–Kier alpha value is -4.38. The number of fused-ring (bicyclic) bond motifs is 3. The second-order valence-electron chi connectivity index (χ2n) is 23.6. The van der Waals surface area contributed by atoms with Gasteiger partial charge in [-0.1, -0.05) is 76.2 Å². The number of ketones is 2. The van der Waals surface area contributed by atoms with Crippen molar-refractivity contribution in [2.75, 3.05) is 80.7 Å². The number of amides is 1. The number of carbonyl (C=O) groups is 5. The molecule has 0 aromatic heterocycles. The first kappa shape index (κ1) is 72.1. The summed E-state index contributed by atoms with van der Waals surface area (Å²) >= 11 is 0. The number of esters is 2. The standard InChI is InChI=1S/C63H102N4O17/c1-12-78-29-30-80-33-34-81-32-31-79-28-18-22-56(68)82-52-26-24-48(38-55(52)76-10)37-44(5)54-40-50(65-66-64)43(4)36-46(7)58(70)59(77-11)57(69)45(6)35-41(2)19-14-13-15-20-42(3)53(75-9)39-49-25-23-47(8)63(74,84-49)60(71)61(72)67-27-17-16-21-51(67)62(73)83-54/h13-15,19-20,36,41,43-45,47-55,58-59,70,74H,12,16-18,21-35,37-40H2,1-11H3/b15-13+,19-14+,42-20+,46-36+/t41-,43-,44-,45-,47-,48+,49+,50+,51+,52-,53+,54+,55-,58-,59+,63-/m1/s1. The molecule has 4 rings (SSSR count). The highest BCUT2D eigenvalue weighted by atomic mass is 16.6. The van der Waals surface area contributed by atoms with Crippen LogP contribution in [0.1, 0.15) is 145 Å². The summed E-state index contributed by atoms with van der Waals surface area (Å²) in [5.41, 5.74) is 11.3. The fraction of sp³-hybridized carbons (Fsp3) is 0.794. The number of aliphatic hydroxyl groups is 2. The molecule has 0 aromatic carbocycles. The lowest BCUT2D eigenvalue weighted by Gasteiger charge is -2.43. The smallest absolute Gasteiger partial charge is 0.329 e. The number of methoxy groups -OCH3 is 3. The molecular weight excluding hydrogens is 1080 g/mol. The van der Waals surface area contributed by atoms with Crippen molar-refractivity contribution in [1.82, 2.24) is 4.90 Å². The molecule has 1 saturated carbocycles. The Morgan fingerprint density at radius 3 is 2.17 bits per heavy atom. The van der Waals surface area contributed by atoms with Gasteiger partial charge in [0.05, 0.1) is 58.0 Å². The molecule has 2 saturated heterocycles. The maximum absolute atomic E-state index is 14.8. The molecule has 21 heteroatoms. The van der Waals surface area contributed by atoms with Crippen LogP contribution in [0.4, 0.5) is 0 Å². The number of rotatable bonds is 22. The van der Waals surface area contributed by atoms with Crippen LogP contribution in [0, 0.1) is 35.5 Å². The molecule has 1 amide bonds. The van der Waals surface area contributed by atoms with E-state index in [1.807, 2.05) is 71.9 Å². The molecule has 476 valence electrons. The molecule has 0 unspecified atom stereocenters. The molecule has 3 heterocycles. The number of nitrogens with zero attached hydrogens (tertiary/aromatic N) is 4. The average Bonchev–Trinajstić information content (AvgIpc) is 1.65. The van der Waals surface area contributed by atoms with Crippen molar-refractivity contribution in [3.05, 3.63) is 58.0 Å². The molecule has 0 radical (unpaired) electrons. The number of piperidine rings is 1. The lowest BCUT2D eigenvalue weighted by atomic mass is 9.78. The van der Waals surface area contributed by atoms with Gasteiger partial charge in [0, 0.05) is 76.7 Å². The van der Waals surface area contributed by atoms with Gasteiger partial charge in [0.2, 0.25) is 5.79 Å². The minimum atomic E-state index is -2.46. The second-order valence-corrected chi connectivity index (χ2v) is 23.6. The molecule has 2 N–H and O–H groups in total. The average molecular weight is 1190 g/mol. The zero-order chi connectivity index (χ0) is 61.8. The summed E-state index contributed by atoms with van der Waals surface area (Å²) in [5.74, 6) is -8.11. The van der Waals surface area contributed by atoms with Crippen molar-refractivity contribution in [3.8, 4) is 0 Å². The molecule has 2 bridgehead atoms. The van der Waals surface area contributed by atoms with Crippen LogP contribution in [0.3, 0.4) is 0 Å². The number of hydrogen-bond acceptors (Lipinski definition) is 18. The predicted molar refractivity (Wildman–Crippen MR) is 315 cm³/mol. The van der Waals surface area contributed by atoms with Gasteiger partial charge in [-0.2, -0.15) is 0 Å². The molecule has 84 heavy (non-hydrogen) atoms. The highest BCUT2D eigenvalue weighted by molar-refractivity contribution is 6.39. The molecule has 3 fully saturated rings. The van der Waals surface area contributed by atoms with E-state index in [-0.39, 0.29) is 55.3 Å². The van der Waals surface area contributed by atoms with Crippen molar-refractivity contribution in [2.45, 2.75) is 206 Å². The fourth-order valence-corrected chi connectivity index (χ4v) is 11.9. The van der Waals surface area contributed by atoms with Gasteiger partial charge in [-0.15, -0.1) is 0 Å². The second kappa shape index (κ2) is 38.0. The quantitative estimate of drug-likeness (QED) is 0.0195. The lowest BCUT2D eigenvalue weighted by Crippen LogP contribution is -2.61. The molecule has 3 aliphatic heterocycles. The number of cyclic esters (lactones) is 1.